The van der Waals surface area contributed by atoms with Crippen LogP contribution in [0.3, 0.4) is 0 Å². The molecule has 2 N–H and O–H groups in total. The Hall–Kier alpha value is -2.27. The predicted octanol–water partition coefficient (Wildman–Crippen LogP) is 3.65. The van der Waals surface area contributed by atoms with Gasteiger partial charge in [-0.25, -0.2) is 14.4 Å². The lowest BCUT2D eigenvalue weighted by Crippen LogP contribution is -2.31. The Morgan fingerprint density at radius 1 is 1.25 bits per heavy atom. The first-order chi connectivity index (χ1) is 11.7. The van der Waals surface area contributed by atoms with E-state index in [0.717, 1.165) is 42.8 Å². The molecule has 5 heteroatoms. The Morgan fingerprint density at radius 2 is 2.04 bits per heavy atom. The third-order valence-corrected chi connectivity index (χ3v) is 4.36. The van der Waals surface area contributed by atoms with Gasteiger partial charge in [0.2, 0.25) is 0 Å². The summed E-state index contributed by atoms with van der Waals surface area (Å²) < 4.78 is 13.2. The van der Waals surface area contributed by atoms with Crippen LogP contribution in [0.25, 0.3) is 0 Å². The first kappa shape index (κ1) is 16.6. The van der Waals surface area contributed by atoms with E-state index in [0.29, 0.717) is 12.4 Å². The summed E-state index contributed by atoms with van der Waals surface area (Å²) in [4.78, 5) is 11.2. The van der Waals surface area contributed by atoms with E-state index in [1.807, 2.05) is 18.3 Å². The van der Waals surface area contributed by atoms with Crippen LogP contribution in [-0.2, 0) is 13.0 Å². The molecule has 1 aromatic carbocycles. The Kier molecular flexibility index (Phi) is 5.20. The standard InChI is InChI=1S/C19H23FN4/c1-2-5-18-22-12-15(19(21)23-18)13-24-11-4-3-6-17(24)14-7-9-16(20)10-8-14/h3-4,7-10,12,17H,2,5-6,11,13H2,1H3,(H2,21,22,23). The van der Waals surface area contributed by atoms with E-state index in [2.05, 4.69) is 33.9 Å². The summed E-state index contributed by atoms with van der Waals surface area (Å²) >= 11 is 0. The van der Waals surface area contributed by atoms with Gasteiger partial charge in [-0.1, -0.05) is 31.2 Å². The number of benzene rings is 1. The summed E-state index contributed by atoms with van der Waals surface area (Å²) in [7, 11) is 0. The second-order valence-electron chi connectivity index (χ2n) is 6.15. The monoisotopic (exact) mass is 326 g/mol. The number of hydrogen-bond acceptors (Lipinski definition) is 4. The molecule has 4 nitrogen and oxygen atoms in total. The average Bonchev–Trinajstić information content (AvgIpc) is 2.59. The highest BCUT2D eigenvalue weighted by Crippen LogP contribution is 2.30. The summed E-state index contributed by atoms with van der Waals surface area (Å²) in [6.07, 6.45) is 8.92. The largest absolute Gasteiger partial charge is 0.383 e. The van der Waals surface area contributed by atoms with Gasteiger partial charge in [0.05, 0.1) is 0 Å². The Labute approximate surface area is 142 Å². The maximum absolute atomic E-state index is 13.2. The molecule has 0 aliphatic carbocycles. The molecule has 1 aromatic heterocycles. The number of nitrogens with zero attached hydrogens (tertiary/aromatic N) is 3. The highest BCUT2D eigenvalue weighted by molar-refractivity contribution is 5.38. The van der Waals surface area contributed by atoms with E-state index in [1.165, 1.54) is 12.1 Å². The molecule has 0 saturated heterocycles. The first-order valence-corrected chi connectivity index (χ1v) is 8.42. The highest BCUT2D eigenvalue weighted by atomic mass is 19.1. The van der Waals surface area contributed by atoms with Crippen LogP contribution in [0.4, 0.5) is 10.2 Å². The van der Waals surface area contributed by atoms with E-state index in [-0.39, 0.29) is 11.9 Å². The fourth-order valence-corrected chi connectivity index (χ4v) is 3.06. The third kappa shape index (κ3) is 3.79. The summed E-state index contributed by atoms with van der Waals surface area (Å²) in [5.74, 6) is 1.15. The molecule has 2 aromatic rings. The zero-order valence-corrected chi connectivity index (χ0v) is 14.0. The molecule has 0 spiro atoms. The minimum absolute atomic E-state index is 0.208. The van der Waals surface area contributed by atoms with Crippen LogP contribution in [-0.4, -0.2) is 21.4 Å². The van der Waals surface area contributed by atoms with E-state index >= 15 is 0 Å². The van der Waals surface area contributed by atoms with Gasteiger partial charge in [0.25, 0.3) is 0 Å². The molecule has 1 aliphatic heterocycles. The maximum atomic E-state index is 13.2. The van der Waals surface area contributed by atoms with Crippen LogP contribution >= 0.6 is 0 Å². The van der Waals surface area contributed by atoms with Gasteiger partial charge in [-0.15, -0.1) is 0 Å². The second kappa shape index (κ2) is 7.53. The average molecular weight is 326 g/mol. The summed E-state index contributed by atoms with van der Waals surface area (Å²) in [5, 5.41) is 0. The van der Waals surface area contributed by atoms with Gasteiger partial charge in [0.1, 0.15) is 17.5 Å². The van der Waals surface area contributed by atoms with Gasteiger partial charge in [-0.05, 0) is 30.5 Å². The van der Waals surface area contributed by atoms with Gasteiger partial charge >= 0.3 is 0 Å². The quantitative estimate of drug-likeness (QED) is 0.852. The number of nitrogen functional groups attached to an aromatic ring is 1. The Morgan fingerprint density at radius 3 is 2.75 bits per heavy atom. The highest BCUT2D eigenvalue weighted by Gasteiger charge is 2.22. The first-order valence-electron chi connectivity index (χ1n) is 8.42. The molecule has 1 unspecified atom stereocenters. The molecule has 3 rings (SSSR count). The number of aryl methyl sites for hydroxylation is 1. The molecule has 0 amide bonds. The fraction of sp³-hybridized carbons (Fsp3) is 0.368. The zero-order chi connectivity index (χ0) is 16.9. The molecule has 0 fully saturated rings. The molecule has 0 bridgehead atoms. The molecule has 2 heterocycles. The van der Waals surface area contributed by atoms with Crippen LogP contribution in [0, 0.1) is 5.82 Å². The van der Waals surface area contributed by atoms with Crippen molar-refractivity contribution in [1.29, 1.82) is 0 Å². The predicted molar refractivity (Wildman–Crippen MR) is 93.7 cm³/mol. The zero-order valence-electron chi connectivity index (χ0n) is 14.0. The van der Waals surface area contributed by atoms with Crippen molar-refractivity contribution < 1.29 is 4.39 Å². The number of halogens is 1. The number of aromatic nitrogens is 2. The molecule has 0 saturated carbocycles. The van der Waals surface area contributed by atoms with Crippen molar-refractivity contribution in [2.24, 2.45) is 0 Å². The fourth-order valence-electron chi connectivity index (χ4n) is 3.06. The van der Waals surface area contributed by atoms with Gasteiger partial charge in [-0.2, -0.15) is 0 Å². The minimum atomic E-state index is -0.208. The number of hydrogen-bond donors (Lipinski definition) is 1. The van der Waals surface area contributed by atoms with Gasteiger partial charge in [-0.3, -0.25) is 4.90 Å². The SMILES string of the molecule is CCCc1ncc(CN2CC=CCC2c2ccc(F)cc2)c(N)n1. The second-order valence-corrected chi connectivity index (χ2v) is 6.15. The van der Waals surface area contributed by atoms with Crippen molar-refractivity contribution in [2.75, 3.05) is 12.3 Å². The van der Waals surface area contributed by atoms with Crippen molar-refractivity contribution in [3.8, 4) is 0 Å². The van der Waals surface area contributed by atoms with Gasteiger partial charge in [0.15, 0.2) is 0 Å². The Bertz CT molecular complexity index is 712. The van der Waals surface area contributed by atoms with Crippen molar-refractivity contribution >= 4 is 5.82 Å². The molecular weight excluding hydrogens is 303 g/mol. The number of anilines is 1. The molecule has 1 atom stereocenters. The third-order valence-electron chi connectivity index (χ3n) is 4.36. The van der Waals surface area contributed by atoms with E-state index in [9.17, 15) is 4.39 Å². The molecule has 126 valence electrons. The van der Waals surface area contributed by atoms with E-state index in [1.54, 1.807) is 0 Å². The topological polar surface area (TPSA) is 55.0 Å². The van der Waals surface area contributed by atoms with Crippen LogP contribution < -0.4 is 5.73 Å². The lowest BCUT2D eigenvalue weighted by Gasteiger charge is -2.33. The van der Waals surface area contributed by atoms with Crippen molar-refractivity contribution in [1.82, 2.24) is 14.9 Å². The van der Waals surface area contributed by atoms with Crippen LogP contribution in [0.2, 0.25) is 0 Å². The van der Waals surface area contributed by atoms with Crippen molar-refractivity contribution in [2.45, 2.75) is 38.8 Å². The Balaban J connectivity index is 1.79. The summed E-state index contributed by atoms with van der Waals surface area (Å²) in [5.41, 5.74) is 8.18. The lowest BCUT2D eigenvalue weighted by atomic mass is 9.98. The normalized spacial score (nSPS) is 18.0. The lowest BCUT2D eigenvalue weighted by molar-refractivity contribution is 0.201. The van der Waals surface area contributed by atoms with Crippen LogP contribution in [0.15, 0.2) is 42.6 Å². The van der Waals surface area contributed by atoms with Crippen molar-refractivity contribution in [3.63, 3.8) is 0 Å². The molecular formula is C19H23FN4. The molecule has 1 aliphatic rings. The van der Waals surface area contributed by atoms with E-state index in [4.69, 9.17) is 5.73 Å². The number of rotatable bonds is 5. The smallest absolute Gasteiger partial charge is 0.131 e. The van der Waals surface area contributed by atoms with Crippen molar-refractivity contribution in [3.05, 3.63) is 65.4 Å². The molecule has 24 heavy (non-hydrogen) atoms. The molecule has 0 radical (unpaired) electrons. The minimum Gasteiger partial charge on any atom is -0.383 e. The summed E-state index contributed by atoms with van der Waals surface area (Å²) in [6, 6.07) is 6.96. The van der Waals surface area contributed by atoms with Crippen LogP contribution in [0.1, 0.15) is 42.8 Å². The number of nitrogens with two attached hydrogens (primary N) is 1. The van der Waals surface area contributed by atoms with Gasteiger partial charge in [0, 0.05) is 37.3 Å². The van der Waals surface area contributed by atoms with E-state index < -0.39 is 0 Å². The van der Waals surface area contributed by atoms with Gasteiger partial charge < -0.3 is 5.73 Å². The summed E-state index contributed by atoms with van der Waals surface area (Å²) in [6.45, 7) is 3.61. The van der Waals surface area contributed by atoms with Crippen LogP contribution in [0.5, 0.6) is 0 Å². The maximum Gasteiger partial charge on any atom is 0.131 e.